The Kier molecular flexibility index (Phi) is 6.06. The van der Waals surface area contributed by atoms with E-state index in [0.29, 0.717) is 12.6 Å². The maximum atomic E-state index is 9.74. The van der Waals surface area contributed by atoms with Crippen molar-refractivity contribution in [2.75, 3.05) is 33.4 Å². The molecule has 4 atom stereocenters. The summed E-state index contributed by atoms with van der Waals surface area (Å²) in [4.78, 5) is 2.61. The Hall–Kier alpha value is -0.940. The number of fused-ring (bicyclic) bond motifs is 1. The molecule has 3 rings (SSSR count). The number of aliphatic hydroxyl groups excluding tert-OH is 1. The van der Waals surface area contributed by atoms with Gasteiger partial charge in [0.05, 0.1) is 12.7 Å². The Morgan fingerprint density at radius 2 is 2.09 bits per heavy atom. The third-order valence-electron chi connectivity index (χ3n) is 5.42. The van der Waals surface area contributed by atoms with Gasteiger partial charge in [-0.2, -0.15) is 0 Å². The summed E-state index contributed by atoms with van der Waals surface area (Å²) in [6, 6.07) is 11.4. The van der Waals surface area contributed by atoms with Gasteiger partial charge in [0.2, 0.25) is 0 Å². The quantitative estimate of drug-likeness (QED) is 0.768. The van der Waals surface area contributed by atoms with E-state index in [9.17, 15) is 5.11 Å². The van der Waals surface area contributed by atoms with Crippen molar-refractivity contribution in [2.24, 2.45) is 11.8 Å². The van der Waals surface area contributed by atoms with Crippen LogP contribution in [-0.4, -0.2) is 55.5 Å². The van der Waals surface area contributed by atoms with Crippen LogP contribution in [-0.2, 0) is 11.3 Å². The summed E-state index contributed by atoms with van der Waals surface area (Å²) in [5.74, 6) is 1.62. The van der Waals surface area contributed by atoms with Crippen LogP contribution in [0, 0.1) is 11.8 Å². The molecule has 1 heterocycles. The molecule has 128 valence electrons. The van der Waals surface area contributed by atoms with Crippen LogP contribution in [0.3, 0.4) is 0 Å². The Morgan fingerprint density at radius 1 is 1.26 bits per heavy atom. The van der Waals surface area contributed by atoms with Crippen LogP contribution in [0.2, 0.25) is 0 Å². The van der Waals surface area contributed by atoms with E-state index in [1.807, 2.05) is 0 Å². The van der Waals surface area contributed by atoms with Gasteiger partial charge in [-0.3, -0.25) is 4.90 Å². The SMILES string of the molecule is COCC(O)CCNC1CCC2CN(Cc3ccccc3)CC21. The summed E-state index contributed by atoms with van der Waals surface area (Å²) in [5.41, 5.74) is 1.42. The largest absolute Gasteiger partial charge is 0.391 e. The average Bonchev–Trinajstić information content (AvgIpc) is 3.10. The van der Waals surface area contributed by atoms with Gasteiger partial charge >= 0.3 is 0 Å². The van der Waals surface area contributed by atoms with Crippen LogP contribution in [0.1, 0.15) is 24.8 Å². The number of likely N-dealkylation sites (tertiary alicyclic amines) is 1. The van der Waals surface area contributed by atoms with Crippen LogP contribution in [0.4, 0.5) is 0 Å². The number of benzene rings is 1. The molecule has 1 aromatic rings. The Morgan fingerprint density at radius 3 is 2.87 bits per heavy atom. The van der Waals surface area contributed by atoms with E-state index >= 15 is 0 Å². The Labute approximate surface area is 139 Å². The van der Waals surface area contributed by atoms with Crippen LogP contribution in [0.25, 0.3) is 0 Å². The maximum absolute atomic E-state index is 9.74. The molecule has 2 aliphatic rings. The first-order chi connectivity index (χ1) is 11.3. The van der Waals surface area contributed by atoms with Gasteiger partial charge in [0.25, 0.3) is 0 Å². The topological polar surface area (TPSA) is 44.7 Å². The van der Waals surface area contributed by atoms with Crippen LogP contribution < -0.4 is 5.32 Å². The molecule has 23 heavy (non-hydrogen) atoms. The van der Waals surface area contributed by atoms with Crippen molar-refractivity contribution in [1.29, 1.82) is 0 Å². The standard InChI is InChI=1S/C19H30N2O2/c1-23-14-17(22)9-10-20-19-8-7-16-12-21(13-18(16)19)11-15-5-3-2-4-6-15/h2-6,16-20,22H,7-14H2,1H3. The van der Waals surface area contributed by atoms with Crippen molar-refractivity contribution in [3.8, 4) is 0 Å². The summed E-state index contributed by atoms with van der Waals surface area (Å²) < 4.78 is 4.98. The summed E-state index contributed by atoms with van der Waals surface area (Å²) in [5, 5.41) is 13.4. The van der Waals surface area contributed by atoms with E-state index in [-0.39, 0.29) is 6.10 Å². The molecule has 4 heteroatoms. The smallest absolute Gasteiger partial charge is 0.0785 e. The van der Waals surface area contributed by atoms with Crippen LogP contribution in [0.5, 0.6) is 0 Å². The molecule has 2 fully saturated rings. The molecule has 4 nitrogen and oxygen atoms in total. The average molecular weight is 318 g/mol. The molecule has 1 aliphatic carbocycles. The predicted molar refractivity (Wildman–Crippen MR) is 92.2 cm³/mol. The third-order valence-corrected chi connectivity index (χ3v) is 5.42. The molecule has 0 radical (unpaired) electrons. The second-order valence-corrected chi connectivity index (χ2v) is 7.14. The third kappa shape index (κ3) is 4.54. The molecular weight excluding hydrogens is 288 g/mol. The zero-order valence-electron chi connectivity index (χ0n) is 14.2. The lowest BCUT2D eigenvalue weighted by Gasteiger charge is -2.22. The highest BCUT2D eigenvalue weighted by molar-refractivity contribution is 5.15. The highest BCUT2D eigenvalue weighted by atomic mass is 16.5. The molecule has 0 bridgehead atoms. The van der Waals surface area contributed by atoms with E-state index in [2.05, 4.69) is 40.5 Å². The van der Waals surface area contributed by atoms with Crippen molar-refractivity contribution in [1.82, 2.24) is 10.2 Å². The van der Waals surface area contributed by atoms with E-state index in [0.717, 1.165) is 31.3 Å². The molecular formula is C19H30N2O2. The van der Waals surface area contributed by atoms with Crippen molar-refractivity contribution < 1.29 is 9.84 Å². The fourth-order valence-corrected chi connectivity index (χ4v) is 4.29. The fourth-order valence-electron chi connectivity index (χ4n) is 4.29. The molecule has 0 spiro atoms. The minimum absolute atomic E-state index is 0.345. The van der Waals surface area contributed by atoms with Crippen molar-refractivity contribution >= 4 is 0 Å². The number of ether oxygens (including phenoxy) is 1. The number of hydrogen-bond donors (Lipinski definition) is 2. The lowest BCUT2D eigenvalue weighted by atomic mass is 9.98. The van der Waals surface area contributed by atoms with Gasteiger partial charge in [-0.25, -0.2) is 0 Å². The van der Waals surface area contributed by atoms with E-state index in [4.69, 9.17) is 4.74 Å². The maximum Gasteiger partial charge on any atom is 0.0785 e. The molecule has 1 saturated carbocycles. The predicted octanol–water partition coefficient (Wildman–Crippen LogP) is 1.88. The monoisotopic (exact) mass is 318 g/mol. The van der Waals surface area contributed by atoms with Gasteiger partial charge in [0.15, 0.2) is 0 Å². The molecule has 2 N–H and O–H groups in total. The molecule has 1 aromatic carbocycles. The van der Waals surface area contributed by atoms with Gasteiger partial charge in [0, 0.05) is 32.8 Å². The van der Waals surface area contributed by atoms with Gasteiger partial charge in [0.1, 0.15) is 0 Å². The van der Waals surface area contributed by atoms with Gasteiger partial charge in [-0.1, -0.05) is 30.3 Å². The Balaban J connectivity index is 1.43. The lowest BCUT2D eigenvalue weighted by molar-refractivity contribution is 0.0587. The summed E-state index contributed by atoms with van der Waals surface area (Å²) in [6.45, 7) is 4.84. The number of nitrogens with one attached hydrogen (secondary N) is 1. The second kappa shape index (κ2) is 8.25. The first-order valence-electron chi connectivity index (χ1n) is 8.93. The second-order valence-electron chi connectivity index (χ2n) is 7.14. The summed E-state index contributed by atoms with van der Waals surface area (Å²) >= 11 is 0. The highest BCUT2D eigenvalue weighted by Crippen LogP contribution is 2.38. The van der Waals surface area contributed by atoms with Crippen molar-refractivity contribution in [3.05, 3.63) is 35.9 Å². The normalized spacial score (nSPS) is 28.9. The fraction of sp³-hybridized carbons (Fsp3) is 0.684. The number of rotatable bonds is 8. The van der Waals surface area contributed by atoms with Crippen molar-refractivity contribution in [3.63, 3.8) is 0 Å². The minimum Gasteiger partial charge on any atom is -0.391 e. The number of hydrogen-bond acceptors (Lipinski definition) is 4. The highest BCUT2D eigenvalue weighted by Gasteiger charge is 2.42. The van der Waals surface area contributed by atoms with Gasteiger partial charge < -0.3 is 15.2 Å². The van der Waals surface area contributed by atoms with Crippen LogP contribution in [0.15, 0.2) is 30.3 Å². The minimum atomic E-state index is -0.345. The first kappa shape index (κ1) is 16.9. The zero-order valence-corrected chi connectivity index (χ0v) is 14.2. The zero-order chi connectivity index (χ0) is 16.1. The molecule has 4 unspecified atom stereocenters. The molecule has 0 amide bonds. The number of aliphatic hydroxyl groups is 1. The number of methoxy groups -OCH3 is 1. The van der Waals surface area contributed by atoms with Gasteiger partial charge in [-0.15, -0.1) is 0 Å². The van der Waals surface area contributed by atoms with E-state index in [1.54, 1.807) is 7.11 Å². The lowest BCUT2D eigenvalue weighted by Crippen LogP contribution is -2.37. The molecule has 0 aromatic heterocycles. The van der Waals surface area contributed by atoms with E-state index in [1.165, 1.54) is 31.5 Å². The first-order valence-corrected chi connectivity index (χ1v) is 8.93. The summed E-state index contributed by atoms with van der Waals surface area (Å²) in [6.07, 6.45) is 3.06. The molecule has 1 saturated heterocycles. The van der Waals surface area contributed by atoms with Crippen LogP contribution >= 0.6 is 0 Å². The van der Waals surface area contributed by atoms with Gasteiger partial charge in [-0.05, 0) is 43.2 Å². The summed E-state index contributed by atoms with van der Waals surface area (Å²) in [7, 11) is 1.64. The Bertz CT molecular complexity index is 468. The van der Waals surface area contributed by atoms with E-state index < -0.39 is 0 Å². The number of nitrogens with zero attached hydrogens (tertiary/aromatic N) is 1. The molecule has 1 aliphatic heterocycles. The van der Waals surface area contributed by atoms with Crippen molar-refractivity contribution in [2.45, 2.75) is 38.0 Å².